The lowest BCUT2D eigenvalue weighted by Crippen LogP contribution is -2.42. The average Bonchev–Trinajstić information content (AvgIpc) is 2.70. The van der Waals surface area contributed by atoms with Crippen LogP contribution in [0.4, 0.5) is 0 Å². The van der Waals surface area contributed by atoms with Gasteiger partial charge in [-0.3, -0.25) is 4.57 Å². The molecule has 0 aromatic heterocycles. The number of rotatable bonds is 23. The van der Waals surface area contributed by atoms with Crippen molar-refractivity contribution in [3.05, 3.63) is 0 Å². The van der Waals surface area contributed by atoms with Gasteiger partial charge >= 0.3 is 0 Å². The van der Waals surface area contributed by atoms with Crippen LogP contribution >= 0.6 is 7.82 Å². The highest BCUT2D eigenvalue weighted by atomic mass is 31.2. The van der Waals surface area contributed by atoms with Crippen LogP contribution in [0.15, 0.2) is 0 Å². The van der Waals surface area contributed by atoms with Gasteiger partial charge in [-0.05, 0) is 6.42 Å². The second-order valence-electron chi connectivity index (χ2n) is 10.2. The van der Waals surface area contributed by atoms with Crippen molar-refractivity contribution >= 4 is 7.82 Å². The van der Waals surface area contributed by atoms with Crippen molar-refractivity contribution in [3.8, 4) is 0 Å². The lowest BCUT2D eigenvalue weighted by atomic mass is 10.0. The summed E-state index contributed by atoms with van der Waals surface area (Å²) in [7, 11) is 1.46. The number of hydrogen-bond donors (Lipinski definition) is 2. The van der Waals surface area contributed by atoms with Crippen molar-refractivity contribution in [1.29, 1.82) is 0 Å². The van der Waals surface area contributed by atoms with E-state index in [0.29, 0.717) is 17.4 Å². The third kappa shape index (κ3) is 21.8. The molecule has 32 heavy (non-hydrogen) atoms. The topological polar surface area (TPSA) is 99.1 Å². The van der Waals surface area contributed by atoms with Gasteiger partial charge in [0.05, 0.1) is 34.4 Å². The molecule has 0 aliphatic heterocycles. The minimum Gasteiger partial charge on any atom is -0.756 e. The number of phosphoric ester groups is 1. The van der Waals surface area contributed by atoms with Crippen LogP contribution in [0, 0.1) is 0 Å². The van der Waals surface area contributed by atoms with E-state index in [9.17, 15) is 14.6 Å². The molecule has 3 atom stereocenters. The van der Waals surface area contributed by atoms with Crippen molar-refractivity contribution in [1.82, 2.24) is 0 Å². The van der Waals surface area contributed by atoms with Crippen LogP contribution < -0.4 is 4.89 Å². The number of phosphoric acid groups is 1. The molecule has 0 heterocycles. The number of aliphatic hydroxyl groups excluding tert-OH is 2. The van der Waals surface area contributed by atoms with E-state index in [1.54, 1.807) is 0 Å². The Kier molecular flexibility index (Phi) is 19.3. The van der Waals surface area contributed by atoms with Crippen LogP contribution in [0.2, 0.25) is 0 Å². The van der Waals surface area contributed by atoms with Gasteiger partial charge in [-0.25, -0.2) is 0 Å². The van der Waals surface area contributed by atoms with Crippen molar-refractivity contribution in [2.45, 2.75) is 115 Å². The molecule has 0 fully saturated rings. The summed E-state index contributed by atoms with van der Waals surface area (Å²) in [4.78, 5) is 12.1. The Morgan fingerprint density at radius 3 is 1.69 bits per heavy atom. The minimum atomic E-state index is -4.52. The predicted octanol–water partition coefficient (Wildman–Crippen LogP) is 4.79. The first-order chi connectivity index (χ1) is 15.1. The van der Waals surface area contributed by atoms with E-state index in [2.05, 4.69) is 6.92 Å². The van der Waals surface area contributed by atoms with Gasteiger partial charge < -0.3 is 28.6 Å². The van der Waals surface area contributed by atoms with E-state index in [1.165, 1.54) is 77.0 Å². The smallest absolute Gasteiger partial charge is 0.268 e. The Balaban J connectivity index is 3.95. The molecule has 0 spiro atoms. The standard InChI is InChI=1S/C24H52NO6P/c1-5-6-7-8-9-10-11-12-13-14-15-16-17-18-19-24(20-25(2,3)4)31-32(28,29)30-22-23(27)21-26/h23-24,26-27H,5-22H2,1-4H3/t23-,24?/m1/s1. The summed E-state index contributed by atoms with van der Waals surface area (Å²) < 4.78 is 22.7. The van der Waals surface area contributed by atoms with Crippen LogP contribution in [-0.2, 0) is 13.6 Å². The molecule has 8 heteroatoms. The van der Waals surface area contributed by atoms with Gasteiger partial charge in [-0.2, -0.15) is 0 Å². The first kappa shape index (κ1) is 32.0. The molecule has 0 aromatic carbocycles. The zero-order valence-electron chi connectivity index (χ0n) is 21.3. The molecule has 7 nitrogen and oxygen atoms in total. The Bertz CT molecular complexity index is 472. The molecular formula is C24H52NO6P. The van der Waals surface area contributed by atoms with Gasteiger partial charge in [0.25, 0.3) is 7.82 Å². The third-order valence-electron chi connectivity index (χ3n) is 5.54. The highest BCUT2D eigenvalue weighted by Crippen LogP contribution is 2.41. The maximum absolute atomic E-state index is 12.1. The number of quaternary nitrogens is 1. The van der Waals surface area contributed by atoms with E-state index in [1.807, 2.05) is 21.1 Å². The van der Waals surface area contributed by atoms with Gasteiger partial charge in [-0.1, -0.05) is 96.8 Å². The van der Waals surface area contributed by atoms with Crippen molar-refractivity contribution in [2.75, 3.05) is 40.9 Å². The number of likely N-dealkylation sites (N-methyl/N-ethyl adjacent to an activating group) is 1. The Morgan fingerprint density at radius 2 is 1.28 bits per heavy atom. The van der Waals surface area contributed by atoms with Crippen LogP contribution in [0.1, 0.15) is 103 Å². The summed E-state index contributed by atoms with van der Waals surface area (Å²) in [5, 5.41) is 18.1. The minimum absolute atomic E-state index is 0.457. The van der Waals surface area contributed by atoms with E-state index in [4.69, 9.17) is 14.2 Å². The fraction of sp³-hybridized carbons (Fsp3) is 1.00. The van der Waals surface area contributed by atoms with Gasteiger partial charge in [-0.15, -0.1) is 0 Å². The summed E-state index contributed by atoms with van der Waals surface area (Å²) in [6.45, 7) is 1.76. The highest BCUT2D eigenvalue weighted by molar-refractivity contribution is 7.45. The van der Waals surface area contributed by atoms with Crippen LogP contribution in [0.25, 0.3) is 0 Å². The number of unbranched alkanes of at least 4 members (excludes halogenated alkanes) is 13. The van der Waals surface area contributed by atoms with Crippen LogP contribution in [0.5, 0.6) is 0 Å². The SMILES string of the molecule is CCCCCCCCCCCCCCCCC(C[N+](C)(C)C)OP(=O)([O-])OC[C@H](O)CO. The third-order valence-corrected chi connectivity index (χ3v) is 6.57. The molecule has 0 aliphatic carbocycles. The van der Waals surface area contributed by atoms with Gasteiger partial charge in [0.2, 0.25) is 0 Å². The molecule has 0 radical (unpaired) electrons. The number of hydrogen-bond acceptors (Lipinski definition) is 6. The monoisotopic (exact) mass is 481 g/mol. The zero-order chi connectivity index (χ0) is 24.3. The molecule has 194 valence electrons. The normalized spacial score (nSPS) is 16.1. The van der Waals surface area contributed by atoms with Crippen molar-refractivity contribution < 1.29 is 33.2 Å². The molecule has 2 unspecified atom stereocenters. The molecule has 2 N–H and O–H groups in total. The molecule has 0 aromatic rings. The van der Waals surface area contributed by atoms with E-state index >= 15 is 0 Å². The molecule has 0 aliphatic rings. The van der Waals surface area contributed by atoms with Gasteiger partial charge in [0.1, 0.15) is 18.8 Å². The summed E-state index contributed by atoms with van der Waals surface area (Å²) in [6.07, 6.45) is 16.9. The Hall–Kier alpha value is -0.0100. The van der Waals surface area contributed by atoms with E-state index in [0.717, 1.165) is 12.8 Å². The Morgan fingerprint density at radius 1 is 0.844 bits per heavy atom. The molecular weight excluding hydrogens is 429 g/mol. The summed E-state index contributed by atoms with van der Waals surface area (Å²) in [5.74, 6) is 0. The molecule has 0 saturated carbocycles. The maximum atomic E-state index is 12.1. The first-order valence-electron chi connectivity index (χ1n) is 12.8. The fourth-order valence-electron chi connectivity index (χ4n) is 3.80. The largest absolute Gasteiger partial charge is 0.756 e. The van der Waals surface area contributed by atoms with Crippen LogP contribution in [-0.4, -0.2) is 67.8 Å². The molecule has 0 amide bonds. The second-order valence-corrected chi connectivity index (χ2v) is 11.5. The average molecular weight is 482 g/mol. The predicted molar refractivity (Wildman–Crippen MR) is 129 cm³/mol. The Labute approximate surface area is 197 Å². The van der Waals surface area contributed by atoms with Crippen LogP contribution in [0.3, 0.4) is 0 Å². The summed E-state index contributed by atoms with van der Waals surface area (Å²) in [6, 6.07) is 0. The quantitative estimate of drug-likeness (QED) is 0.124. The molecule has 0 rings (SSSR count). The van der Waals surface area contributed by atoms with Gasteiger partial charge in [0, 0.05) is 0 Å². The number of aliphatic hydroxyl groups is 2. The van der Waals surface area contributed by atoms with Crippen molar-refractivity contribution in [2.24, 2.45) is 0 Å². The van der Waals surface area contributed by atoms with E-state index < -0.39 is 33.2 Å². The van der Waals surface area contributed by atoms with E-state index in [-0.39, 0.29) is 0 Å². The molecule has 0 bridgehead atoms. The lowest BCUT2D eigenvalue weighted by molar-refractivity contribution is -0.873. The maximum Gasteiger partial charge on any atom is 0.268 e. The highest BCUT2D eigenvalue weighted by Gasteiger charge is 2.24. The number of nitrogens with zero attached hydrogens (tertiary/aromatic N) is 1. The molecule has 0 saturated heterocycles. The van der Waals surface area contributed by atoms with Gasteiger partial charge in [0.15, 0.2) is 0 Å². The summed E-state index contributed by atoms with van der Waals surface area (Å²) in [5.41, 5.74) is 0. The lowest BCUT2D eigenvalue weighted by Gasteiger charge is -2.33. The summed E-state index contributed by atoms with van der Waals surface area (Å²) >= 11 is 0. The van der Waals surface area contributed by atoms with Crippen molar-refractivity contribution in [3.63, 3.8) is 0 Å². The second kappa shape index (κ2) is 19.3. The fourth-order valence-corrected chi connectivity index (χ4v) is 4.75. The first-order valence-corrected chi connectivity index (χ1v) is 14.3. The zero-order valence-corrected chi connectivity index (χ0v) is 22.2.